The molecule has 0 fully saturated rings. The van der Waals surface area contributed by atoms with Crippen molar-refractivity contribution < 1.29 is 22.6 Å². The molecular formula is C22H19F3N6O5. The number of aryl methyl sites for hydroxylation is 2. The van der Waals surface area contributed by atoms with Crippen molar-refractivity contribution in [3.63, 3.8) is 0 Å². The first-order valence-corrected chi connectivity index (χ1v) is 10.3. The number of benzene rings is 1. The zero-order valence-corrected chi connectivity index (χ0v) is 19.4. The van der Waals surface area contributed by atoms with E-state index < -0.39 is 28.8 Å². The van der Waals surface area contributed by atoms with E-state index in [4.69, 9.17) is 9.47 Å². The van der Waals surface area contributed by atoms with Crippen LogP contribution in [0.5, 0.6) is 17.5 Å². The second-order valence-corrected chi connectivity index (χ2v) is 7.70. The molecule has 0 saturated carbocycles. The van der Waals surface area contributed by atoms with E-state index in [1.165, 1.54) is 48.6 Å². The minimum atomic E-state index is -4.72. The second-order valence-electron chi connectivity index (χ2n) is 7.70. The number of ether oxygens (including phenoxy) is 2. The van der Waals surface area contributed by atoms with Gasteiger partial charge >= 0.3 is 23.6 Å². The Morgan fingerprint density at radius 3 is 2.33 bits per heavy atom. The number of nitrogens with one attached hydrogen (secondary N) is 1. The lowest BCUT2D eigenvalue weighted by Crippen LogP contribution is -2.37. The number of methoxy groups -OCH3 is 1. The molecule has 0 amide bonds. The van der Waals surface area contributed by atoms with Crippen LogP contribution in [-0.2, 0) is 27.3 Å². The maximum absolute atomic E-state index is 12.9. The lowest BCUT2D eigenvalue weighted by atomic mass is 10.1. The Hall–Kier alpha value is -4.62. The van der Waals surface area contributed by atoms with Crippen LogP contribution in [0, 0.1) is 0 Å². The highest BCUT2D eigenvalue weighted by Crippen LogP contribution is 2.33. The van der Waals surface area contributed by atoms with Gasteiger partial charge in [-0.1, -0.05) is 12.1 Å². The molecule has 0 spiro atoms. The predicted octanol–water partition coefficient (Wildman–Crippen LogP) is 2.04. The molecule has 4 aromatic rings. The molecule has 0 aliphatic rings. The summed E-state index contributed by atoms with van der Waals surface area (Å²) in [6.45, 7) is 0. The molecule has 1 aromatic carbocycles. The smallest absolute Gasteiger partial charge is 0.431 e. The van der Waals surface area contributed by atoms with Crippen LogP contribution in [0.4, 0.5) is 13.2 Å². The second kappa shape index (κ2) is 8.87. The van der Waals surface area contributed by atoms with Gasteiger partial charge in [-0.3, -0.25) is 18.5 Å². The zero-order chi connectivity index (χ0) is 26.4. The Bertz CT molecular complexity index is 1690. The molecule has 0 unspecified atom stereocenters. The molecule has 1 N–H and O–H groups in total. The fourth-order valence-electron chi connectivity index (χ4n) is 3.46. The number of rotatable bonds is 5. The van der Waals surface area contributed by atoms with Crippen molar-refractivity contribution in [2.45, 2.75) is 6.18 Å². The number of hydrogen-bond donors (Lipinski definition) is 1. The van der Waals surface area contributed by atoms with Crippen molar-refractivity contribution in [2.24, 2.45) is 21.1 Å². The third kappa shape index (κ3) is 4.39. The summed E-state index contributed by atoms with van der Waals surface area (Å²) in [5.74, 6) is 0.476. The topological polar surface area (TPSA) is 126 Å². The van der Waals surface area contributed by atoms with Gasteiger partial charge in [-0.15, -0.1) is 0 Å². The maximum atomic E-state index is 12.9. The third-order valence-corrected chi connectivity index (χ3v) is 5.34. The molecule has 36 heavy (non-hydrogen) atoms. The van der Waals surface area contributed by atoms with Crippen molar-refractivity contribution in [1.29, 1.82) is 0 Å². The summed E-state index contributed by atoms with van der Waals surface area (Å²) in [6, 6.07) is 5.40. The van der Waals surface area contributed by atoms with Gasteiger partial charge in [-0.25, -0.2) is 9.59 Å². The molecule has 0 atom stereocenters. The lowest BCUT2D eigenvalue weighted by Gasteiger charge is -2.10. The zero-order valence-electron chi connectivity index (χ0n) is 19.4. The van der Waals surface area contributed by atoms with Crippen LogP contribution in [0.1, 0.15) is 17.0 Å². The maximum Gasteiger partial charge on any atom is 0.431 e. The summed E-state index contributed by atoms with van der Waals surface area (Å²) < 4.78 is 53.5. The normalized spacial score (nSPS) is 12.0. The average Bonchev–Trinajstić information content (AvgIpc) is 3.15. The first-order chi connectivity index (χ1) is 16.9. The molecule has 0 bridgehead atoms. The molecule has 188 valence electrons. The van der Waals surface area contributed by atoms with Crippen LogP contribution in [0.15, 0.2) is 38.6 Å². The van der Waals surface area contributed by atoms with Crippen LogP contribution in [-0.4, -0.2) is 35.8 Å². The number of aromatic nitrogens is 6. The standard InChI is InChI=1S/C22H19F3N6O5/c1-29-16-17(30(2)21(34)31(3)18(16)32)28-20(29)36-13-8-6-11(9-14(13)35-4)5-7-12-10-15(22(23,24)25)27-19(33)26-12/h5-10H,1-4H3,(H,26,27,33)/b7-5+. The molecule has 0 saturated heterocycles. The summed E-state index contributed by atoms with van der Waals surface area (Å²) in [4.78, 5) is 45.7. The van der Waals surface area contributed by atoms with Crippen molar-refractivity contribution in [3.8, 4) is 17.5 Å². The quantitative estimate of drug-likeness (QED) is 0.441. The molecule has 3 aromatic heterocycles. The Labute approximate surface area is 199 Å². The Balaban J connectivity index is 1.67. The Morgan fingerprint density at radius 2 is 1.67 bits per heavy atom. The molecular weight excluding hydrogens is 485 g/mol. The first-order valence-electron chi connectivity index (χ1n) is 10.3. The van der Waals surface area contributed by atoms with Crippen molar-refractivity contribution in [2.75, 3.05) is 7.11 Å². The number of fused-ring (bicyclic) bond motifs is 1. The van der Waals surface area contributed by atoms with E-state index in [9.17, 15) is 27.6 Å². The average molecular weight is 504 g/mol. The van der Waals surface area contributed by atoms with E-state index in [0.717, 1.165) is 10.6 Å². The van der Waals surface area contributed by atoms with E-state index in [1.54, 1.807) is 24.2 Å². The SMILES string of the molecule is COc1cc(/C=C/c2cc(C(F)(F)F)[nH]c(=O)n2)ccc1Oc1nc2c(c(=O)n(C)c(=O)n2C)n1C. The van der Waals surface area contributed by atoms with Crippen LogP contribution >= 0.6 is 0 Å². The molecule has 14 heteroatoms. The fraction of sp³-hybridized carbons (Fsp3) is 0.227. The summed E-state index contributed by atoms with van der Waals surface area (Å²) in [6.07, 6.45) is -2.02. The van der Waals surface area contributed by atoms with E-state index in [-0.39, 0.29) is 34.4 Å². The first kappa shape index (κ1) is 24.5. The van der Waals surface area contributed by atoms with Crippen molar-refractivity contribution in [3.05, 3.63) is 72.5 Å². The third-order valence-electron chi connectivity index (χ3n) is 5.34. The lowest BCUT2D eigenvalue weighted by molar-refractivity contribution is -0.141. The van der Waals surface area contributed by atoms with Gasteiger partial charge in [0.2, 0.25) is 0 Å². The Morgan fingerprint density at radius 1 is 0.944 bits per heavy atom. The molecule has 3 heterocycles. The number of alkyl halides is 3. The Kier molecular flexibility index (Phi) is 6.04. The monoisotopic (exact) mass is 504 g/mol. The van der Waals surface area contributed by atoms with Crippen LogP contribution in [0.3, 0.4) is 0 Å². The van der Waals surface area contributed by atoms with E-state index >= 15 is 0 Å². The van der Waals surface area contributed by atoms with Crippen molar-refractivity contribution in [1.82, 2.24) is 28.7 Å². The minimum absolute atomic E-state index is 0.0253. The highest BCUT2D eigenvalue weighted by molar-refractivity contribution is 5.72. The summed E-state index contributed by atoms with van der Waals surface area (Å²) in [5, 5.41) is 0. The van der Waals surface area contributed by atoms with Gasteiger partial charge in [-0.05, 0) is 29.8 Å². The largest absolute Gasteiger partial charge is 0.493 e. The van der Waals surface area contributed by atoms with Crippen LogP contribution in [0.25, 0.3) is 23.3 Å². The summed E-state index contributed by atoms with van der Waals surface area (Å²) in [7, 11) is 5.79. The summed E-state index contributed by atoms with van der Waals surface area (Å²) in [5.41, 5.74) is -2.78. The van der Waals surface area contributed by atoms with Gasteiger partial charge in [0.05, 0.1) is 12.8 Å². The number of hydrogen-bond acceptors (Lipinski definition) is 7. The number of halogens is 3. The molecule has 0 aliphatic carbocycles. The number of nitrogens with zero attached hydrogens (tertiary/aromatic N) is 5. The van der Waals surface area contributed by atoms with Gasteiger partial charge in [0.1, 0.15) is 5.69 Å². The highest BCUT2D eigenvalue weighted by Gasteiger charge is 2.32. The van der Waals surface area contributed by atoms with Gasteiger partial charge in [-0.2, -0.15) is 23.1 Å². The molecule has 4 rings (SSSR count). The van der Waals surface area contributed by atoms with E-state index in [1.807, 2.05) is 0 Å². The van der Waals surface area contributed by atoms with Gasteiger partial charge in [0, 0.05) is 21.1 Å². The molecule has 11 nitrogen and oxygen atoms in total. The highest BCUT2D eigenvalue weighted by atomic mass is 19.4. The van der Waals surface area contributed by atoms with Crippen molar-refractivity contribution >= 4 is 23.3 Å². The molecule has 0 radical (unpaired) electrons. The van der Waals surface area contributed by atoms with E-state index in [0.29, 0.717) is 5.56 Å². The van der Waals surface area contributed by atoms with E-state index in [2.05, 4.69) is 9.97 Å². The minimum Gasteiger partial charge on any atom is -0.493 e. The number of aromatic amines is 1. The van der Waals surface area contributed by atoms with Crippen LogP contribution in [0.2, 0.25) is 0 Å². The summed E-state index contributed by atoms with van der Waals surface area (Å²) >= 11 is 0. The number of imidazole rings is 1. The van der Waals surface area contributed by atoms with Gasteiger partial charge < -0.3 is 14.5 Å². The van der Waals surface area contributed by atoms with Gasteiger partial charge in [0.25, 0.3) is 5.56 Å². The number of H-pyrrole nitrogens is 1. The predicted molar refractivity (Wildman–Crippen MR) is 123 cm³/mol. The molecule has 0 aliphatic heterocycles. The van der Waals surface area contributed by atoms with Crippen LogP contribution < -0.4 is 26.4 Å². The van der Waals surface area contributed by atoms with Gasteiger partial charge in [0.15, 0.2) is 22.7 Å². The fourth-order valence-corrected chi connectivity index (χ4v) is 3.46.